The lowest BCUT2D eigenvalue weighted by atomic mass is 9.97. The quantitative estimate of drug-likeness (QED) is 0.340. The molecule has 1 amide bonds. The molecule has 0 fully saturated rings. The molecule has 4 rings (SSSR count). The topological polar surface area (TPSA) is 64.0 Å². The molecule has 1 aromatic carbocycles. The minimum Gasteiger partial charge on any atom is -0.351 e. The van der Waals surface area contributed by atoms with Crippen LogP contribution in [-0.2, 0) is 30.7 Å². The summed E-state index contributed by atoms with van der Waals surface area (Å²) in [6.07, 6.45) is 5.98. The molecule has 1 N–H and O–H groups in total. The number of nitrogens with one attached hydrogen (secondary N) is 1. The van der Waals surface area contributed by atoms with E-state index in [2.05, 4.69) is 11.9 Å². The third-order valence-electron chi connectivity index (χ3n) is 5.29. The maximum Gasteiger partial charge on any atom is 0.263 e. The number of hydrogen-bond acceptors (Lipinski definition) is 5. The highest BCUT2D eigenvalue weighted by atomic mass is 32.2. The van der Waals surface area contributed by atoms with E-state index in [1.54, 1.807) is 22.0 Å². The highest BCUT2D eigenvalue weighted by Crippen LogP contribution is 2.34. The summed E-state index contributed by atoms with van der Waals surface area (Å²) in [4.78, 5) is 32.5. The van der Waals surface area contributed by atoms with Gasteiger partial charge in [0.25, 0.3) is 5.56 Å². The van der Waals surface area contributed by atoms with Crippen LogP contribution in [0.5, 0.6) is 0 Å². The Bertz CT molecular complexity index is 1150. The second-order valence-corrected chi connectivity index (χ2v) is 9.57. The highest BCUT2D eigenvalue weighted by Gasteiger charge is 2.22. The number of hydrogen-bond donors (Lipinski definition) is 1. The summed E-state index contributed by atoms with van der Waals surface area (Å²) in [7, 11) is 0. The molecule has 2 aromatic heterocycles. The molecule has 0 aliphatic heterocycles. The number of rotatable bonds is 7. The van der Waals surface area contributed by atoms with Gasteiger partial charge >= 0.3 is 0 Å². The Morgan fingerprint density at radius 1 is 1.30 bits per heavy atom. The van der Waals surface area contributed by atoms with Gasteiger partial charge in [0, 0.05) is 18.0 Å². The zero-order valence-corrected chi connectivity index (χ0v) is 18.7. The number of carbonyl (C=O) groups excluding carboxylic acids is 1. The van der Waals surface area contributed by atoms with E-state index in [9.17, 15) is 9.59 Å². The second kappa shape index (κ2) is 9.18. The van der Waals surface area contributed by atoms with Crippen LogP contribution in [0.3, 0.4) is 0 Å². The van der Waals surface area contributed by atoms with Crippen molar-refractivity contribution in [3.63, 3.8) is 0 Å². The van der Waals surface area contributed by atoms with E-state index >= 15 is 0 Å². The predicted molar refractivity (Wildman–Crippen MR) is 124 cm³/mol. The van der Waals surface area contributed by atoms with Crippen LogP contribution >= 0.6 is 23.1 Å². The van der Waals surface area contributed by atoms with Crippen molar-refractivity contribution in [2.75, 3.05) is 5.75 Å². The molecule has 1 aliphatic rings. The normalized spacial score (nSPS) is 13.2. The van der Waals surface area contributed by atoms with E-state index in [1.165, 1.54) is 34.2 Å². The van der Waals surface area contributed by atoms with Crippen molar-refractivity contribution in [3.05, 3.63) is 68.8 Å². The van der Waals surface area contributed by atoms with Gasteiger partial charge in [0.1, 0.15) is 4.83 Å². The molecule has 2 heterocycles. The van der Waals surface area contributed by atoms with Gasteiger partial charge < -0.3 is 5.32 Å². The Hall–Kier alpha value is -2.38. The lowest BCUT2D eigenvalue weighted by molar-refractivity contribution is -0.118. The molecule has 0 radical (unpaired) electrons. The fraction of sp³-hybridized carbons (Fsp3) is 0.348. The summed E-state index contributed by atoms with van der Waals surface area (Å²) in [6, 6.07) is 8.09. The zero-order chi connectivity index (χ0) is 21.1. The summed E-state index contributed by atoms with van der Waals surface area (Å²) in [6.45, 7) is 6.70. The standard InChI is InChI=1S/C23H25N3O2S2/c1-3-12-26-22(28)20-17-6-4-5-7-18(17)30-21(20)25-23(26)29-14-19(27)24-13-16-10-8-15(2)9-11-16/h3,8-11H,1,4-7,12-14H2,2H3,(H,24,27). The molecule has 0 unspecified atom stereocenters. The average Bonchev–Trinajstić information content (AvgIpc) is 3.12. The maximum absolute atomic E-state index is 13.2. The van der Waals surface area contributed by atoms with Gasteiger partial charge in [-0.15, -0.1) is 17.9 Å². The smallest absolute Gasteiger partial charge is 0.263 e. The van der Waals surface area contributed by atoms with Gasteiger partial charge in [-0.3, -0.25) is 14.2 Å². The first-order chi connectivity index (χ1) is 14.6. The Labute approximate surface area is 184 Å². The SMILES string of the molecule is C=CCn1c(SCC(=O)NCc2ccc(C)cc2)nc2sc3c(c2c1=O)CCCC3. The molecular weight excluding hydrogens is 414 g/mol. The number of benzene rings is 1. The highest BCUT2D eigenvalue weighted by molar-refractivity contribution is 7.99. The summed E-state index contributed by atoms with van der Waals surface area (Å²) >= 11 is 2.94. The minimum atomic E-state index is -0.0782. The van der Waals surface area contributed by atoms with Gasteiger partial charge in [-0.25, -0.2) is 4.98 Å². The van der Waals surface area contributed by atoms with E-state index < -0.39 is 0 Å². The van der Waals surface area contributed by atoms with Gasteiger partial charge in [-0.05, 0) is 43.7 Å². The number of aryl methyl sites for hydroxylation is 3. The van der Waals surface area contributed by atoms with Crippen LogP contribution in [-0.4, -0.2) is 21.2 Å². The number of carbonyl (C=O) groups is 1. The number of nitrogens with zero attached hydrogens (tertiary/aromatic N) is 2. The van der Waals surface area contributed by atoms with Crippen LogP contribution in [0.15, 0.2) is 46.9 Å². The van der Waals surface area contributed by atoms with Crippen LogP contribution in [0.1, 0.15) is 34.4 Å². The Kier molecular flexibility index (Phi) is 6.39. The number of fused-ring (bicyclic) bond motifs is 3. The molecule has 1 aliphatic carbocycles. The van der Waals surface area contributed by atoms with Crippen molar-refractivity contribution in [1.29, 1.82) is 0 Å². The van der Waals surface area contributed by atoms with Crippen molar-refractivity contribution in [1.82, 2.24) is 14.9 Å². The Morgan fingerprint density at radius 2 is 2.07 bits per heavy atom. The van der Waals surface area contributed by atoms with E-state index in [0.29, 0.717) is 18.2 Å². The number of allylic oxidation sites excluding steroid dienone is 1. The van der Waals surface area contributed by atoms with Gasteiger partial charge in [0.05, 0.1) is 11.1 Å². The Balaban J connectivity index is 1.52. The molecule has 7 heteroatoms. The average molecular weight is 440 g/mol. The number of thioether (sulfide) groups is 1. The predicted octanol–water partition coefficient (Wildman–Crippen LogP) is 4.24. The number of amides is 1. The largest absolute Gasteiger partial charge is 0.351 e. The fourth-order valence-corrected chi connectivity index (χ4v) is 5.85. The van der Waals surface area contributed by atoms with E-state index in [-0.39, 0.29) is 17.2 Å². The maximum atomic E-state index is 13.2. The van der Waals surface area contributed by atoms with Crippen molar-refractivity contribution in [3.8, 4) is 0 Å². The third-order valence-corrected chi connectivity index (χ3v) is 7.46. The third kappa shape index (κ3) is 4.37. The lowest BCUT2D eigenvalue weighted by Crippen LogP contribution is -2.26. The molecule has 3 aromatic rings. The van der Waals surface area contributed by atoms with Crippen LogP contribution in [0.2, 0.25) is 0 Å². The van der Waals surface area contributed by atoms with Crippen molar-refractivity contribution < 1.29 is 4.79 Å². The molecular formula is C23H25N3O2S2. The van der Waals surface area contributed by atoms with Gasteiger partial charge in [0.2, 0.25) is 5.91 Å². The lowest BCUT2D eigenvalue weighted by Gasteiger charge is -2.12. The first-order valence-electron chi connectivity index (χ1n) is 10.2. The van der Waals surface area contributed by atoms with Crippen molar-refractivity contribution >= 4 is 39.2 Å². The Morgan fingerprint density at radius 3 is 2.83 bits per heavy atom. The van der Waals surface area contributed by atoms with Gasteiger partial charge in [0.15, 0.2) is 5.16 Å². The number of aromatic nitrogens is 2. The van der Waals surface area contributed by atoms with Crippen LogP contribution in [0.25, 0.3) is 10.2 Å². The van der Waals surface area contributed by atoms with Crippen molar-refractivity contribution in [2.24, 2.45) is 0 Å². The molecule has 0 saturated heterocycles. The summed E-state index contributed by atoms with van der Waals surface area (Å²) in [5.41, 5.74) is 3.43. The summed E-state index contributed by atoms with van der Waals surface area (Å²) in [5.74, 6) is 0.136. The first kappa shape index (κ1) is 20.9. The summed E-state index contributed by atoms with van der Waals surface area (Å²) in [5, 5.41) is 4.29. The molecule has 0 bridgehead atoms. The molecule has 156 valence electrons. The van der Waals surface area contributed by atoms with Crippen LogP contribution in [0.4, 0.5) is 0 Å². The monoisotopic (exact) mass is 439 g/mol. The minimum absolute atomic E-state index is 0.0122. The zero-order valence-electron chi connectivity index (χ0n) is 17.1. The van der Waals surface area contributed by atoms with E-state index in [4.69, 9.17) is 4.98 Å². The first-order valence-corrected chi connectivity index (χ1v) is 12.0. The van der Waals surface area contributed by atoms with E-state index in [0.717, 1.165) is 35.0 Å². The van der Waals surface area contributed by atoms with E-state index in [1.807, 2.05) is 31.2 Å². The van der Waals surface area contributed by atoms with Crippen molar-refractivity contribution in [2.45, 2.75) is 50.9 Å². The van der Waals surface area contributed by atoms with Crippen LogP contribution < -0.4 is 10.9 Å². The molecule has 5 nitrogen and oxygen atoms in total. The van der Waals surface area contributed by atoms with Crippen LogP contribution in [0, 0.1) is 6.92 Å². The molecule has 0 atom stereocenters. The fourth-order valence-electron chi connectivity index (χ4n) is 3.71. The van der Waals surface area contributed by atoms with Gasteiger partial charge in [-0.1, -0.05) is 47.7 Å². The second-order valence-electron chi connectivity index (χ2n) is 7.54. The summed E-state index contributed by atoms with van der Waals surface area (Å²) < 4.78 is 1.65. The molecule has 0 saturated carbocycles. The molecule has 0 spiro atoms. The van der Waals surface area contributed by atoms with Gasteiger partial charge in [-0.2, -0.15) is 0 Å². The number of thiophene rings is 1. The molecule has 30 heavy (non-hydrogen) atoms.